The van der Waals surface area contributed by atoms with Gasteiger partial charge in [0.05, 0.1) is 28.8 Å². The number of aromatic nitrogens is 5. The molecule has 0 bridgehead atoms. The fourth-order valence-electron chi connectivity index (χ4n) is 4.90. The van der Waals surface area contributed by atoms with Crippen LogP contribution in [0.15, 0.2) is 41.3 Å². The summed E-state index contributed by atoms with van der Waals surface area (Å²) < 4.78 is 4.32. The van der Waals surface area contributed by atoms with E-state index in [-0.39, 0.29) is 28.4 Å². The van der Waals surface area contributed by atoms with Crippen molar-refractivity contribution in [3.05, 3.63) is 68.9 Å². The maximum Gasteiger partial charge on any atom is 0.281 e. The third-order valence-electron chi connectivity index (χ3n) is 6.83. The number of anilines is 3. The van der Waals surface area contributed by atoms with Crippen molar-refractivity contribution in [2.24, 2.45) is 7.05 Å². The molecule has 1 fully saturated rings. The lowest BCUT2D eigenvalue weighted by atomic mass is 10.0. The van der Waals surface area contributed by atoms with Crippen molar-refractivity contribution in [1.82, 2.24) is 29.5 Å². The third kappa shape index (κ3) is 5.39. The first-order chi connectivity index (χ1) is 18.8. The quantitative estimate of drug-likeness (QED) is 0.227. The van der Waals surface area contributed by atoms with Crippen LogP contribution < -0.4 is 25.4 Å². The van der Waals surface area contributed by atoms with Crippen LogP contribution >= 0.6 is 23.5 Å². The van der Waals surface area contributed by atoms with Crippen molar-refractivity contribution in [3.8, 4) is 0 Å². The lowest BCUT2D eigenvalue weighted by molar-refractivity contribution is 0.0980. The Morgan fingerprint density at radius 2 is 1.87 bits per heavy atom. The minimum atomic E-state index is -0.350. The Labute approximate surface area is 235 Å². The van der Waals surface area contributed by atoms with Gasteiger partial charge in [-0.15, -0.1) is 0 Å². The minimum Gasteiger partial charge on any atom is -0.377 e. The summed E-state index contributed by atoms with van der Waals surface area (Å²) in [7, 11) is 1.77. The highest BCUT2D eigenvalue weighted by Crippen LogP contribution is 2.29. The van der Waals surface area contributed by atoms with Gasteiger partial charge < -0.3 is 15.1 Å². The highest BCUT2D eigenvalue weighted by atomic mass is 35.5. The number of aryl methyl sites for hydroxylation is 1. The normalized spacial score (nSPS) is 14.5. The fourth-order valence-corrected chi connectivity index (χ4v) is 5.33. The molecule has 0 aliphatic carbocycles. The summed E-state index contributed by atoms with van der Waals surface area (Å²) in [6, 6.07) is 8.93. The predicted octanol–water partition coefficient (Wildman–Crippen LogP) is 3.52. The molecular weight excluding hydrogens is 538 g/mol. The van der Waals surface area contributed by atoms with E-state index in [1.165, 1.54) is 11.9 Å². The molecule has 1 unspecified atom stereocenters. The van der Waals surface area contributed by atoms with E-state index in [1.807, 2.05) is 32.0 Å². The predicted molar refractivity (Wildman–Crippen MR) is 157 cm³/mol. The van der Waals surface area contributed by atoms with Crippen LogP contribution in [-0.4, -0.2) is 63.1 Å². The number of carbonyl (C=O) groups excluding carboxylic acids is 1. The maximum absolute atomic E-state index is 13.6. The Bertz CT molecular complexity index is 1570. The van der Waals surface area contributed by atoms with Crippen molar-refractivity contribution < 1.29 is 4.79 Å². The van der Waals surface area contributed by atoms with Crippen LogP contribution in [-0.2, 0) is 7.05 Å². The number of hydrogen-bond acceptors (Lipinski definition) is 9. The molecule has 3 N–H and O–H groups in total. The molecule has 1 aromatic carbocycles. The van der Waals surface area contributed by atoms with Gasteiger partial charge in [0, 0.05) is 51.1 Å². The van der Waals surface area contributed by atoms with E-state index >= 15 is 0 Å². The number of nitrogens with zero attached hydrogens (tertiary/aromatic N) is 6. The van der Waals surface area contributed by atoms with Crippen molar-refractivity contribution in [1.29, 1.82) is 0 Å². The lowest BCUT2D eigenvalue weighted by Gasteiger charge is -2.36. The third-order valence-corrected chi connectivity index (χ3v) is 7.43. The zero-order valence-electron chi connectivity index (χ0n) is 22.2. The van der Waals surface area contributed by atoms with Crippen LogP contribution in [0.1, 0.15) is 34.6 Å². The number of amides is 1. The van der Waals surface area contributed by atoms with E-state index in [9.17, 15) is 9.59 Å². The molecule has 11 nitrogen and oxygen atoms in total. The number of pyridine rings is 1. The summed E-state index contributed by atoms with van der Waals surface area (Å²) in [6.45, 7) is 6.91. The molecule has 39 heavy (non-hydrogen) atoms. The highest BCUT2D eigenvalue weighted by Gasteiger charge is 2.24. The largest absolute Gasteiger partial charge is 0.377 e. The first kappa shape index (κ1) is 26.8. The molecule has 3 aromatic heterocycles. The molecule has 4 aromatic rings. The van der Waals surface area contributed by atoms with Crippen molar-refractivity contribution >= 4 is 57.8 Å². The van der Waals surface area contributed by atoms with Crippen LogP contribution in [0.5, 0.6) is 0 Å². The Morgan fingerprint density at radius 3 is 2.56 bits per heavy atom. The number of benzene rings is 1. The molecule has 1 saturated heterocycles. The van der Waals surface area contributed by atoms with Gasteiger partial charge in [-0.25, -0.2) is 9.97 Å². The van der Waals surface area contributed by atoms with Crippen molar-refractivity contribution in [2.45, 2.75) is 19.9 Å². The summed E-state index contributed by atoms with van der Waals surface area (Å²) >= 11 is 7.28. The standard InChI is InChI=1S/C26H30ClN9O2S/c1-15-13-17(16(2)29-19-5-6-20(27)30-23(19)24(37)33-39-4)22-18(14-15)25(38)34(3)26(31-22)36-11-9-35(10-12-36)21-7-8-28-32-21/h5-8,13-14,16,29H,9-12H2,1-4H3,(H,28,32)(H,33,37). The number of hydrogen-bond donors (Lipinski definition) is 3. The molecule has 0 radical (unpaired) electrons. The number of carbonyl (C=O) groups is 1. The second-order valence-corrected chi connectivity index (χ2v) is 10.5. The maximum atomic E-state index is 13.6. The van der Waals surface area contributed by atoms with Gasteiger partial charge in [0.1, 0.15) is 11.0 Å². The minimum absolute atomic E-state index is 0.101. The molecule has 204 valence electrons. The molecule has 1 aliphatic heterocycles. The Hall–Kier alpha value is -3.77. The van der Waals surface area contributed by atoms with Gasteiger partial charge in [-0.1, -0.05) is 29.6 Å². The van der Waals surface area contributed by atoms with Gasteiger partial charge in [0.25, 0.3) is 11.5 Å². The number of aromatic amines is 1. The van der Waals surface area contributed by atoms with Gasteiger partial charge in [-0.3, -0.25) is 24.0 Å². The summed E-state index contributed by atoms with van der Waals surface area (Å²) in [5, 5.41) is 11.2. The Balaban J connectivity index is 1.50. The van der Waals surface area contributed by atoms with Crippen LogP contribution in [0.2, 0.25) is 5.15 Å². The van der Waals surface area contributed by atoms with E-state index < -0.39 is 0 Å². The Morgan fingerprint density at radius 1 is 1.13 bits per heavy atom. The number of piperazine rings is 1. The number of fused-ring (bicyclic) bond motifs is 1. The monoisotopic (exact) mass is 567 g/mol. The topological polar surface area (TPSA) is 124 Å². The van der Waals surface area contributed by atoms with Crippen LogP contribution in [0, 0.1) is 6.92 Å². The van der Waals surface area contributed by atoms with Gasteiger partial charge in [0.2, 0.25) is 5.95 Å². The molecular formula is C26H30ClN9O2S. The molecule has 1 atom stereocenters. The van der Waals surface area contributed by atoms with Crippen molar-refractivity contribution in [3.63, 3.8) is 0 Å². The molecule has 0 saturated carbocycles. The summed E-state index contributed by atoms with van der Waals surface area (Å²) in [5.74, 6) is 1.26. The molecule has 13 heteroatoms. The first-order valence-corrected chi connectivity index (χ1v) is 14.1. The Kier molecular flexibility index (Phi) is 7.67. The molecule has 1 amide bonds. The van der Waals surface area contributed by atoms with E-state index in [4.69, 9.17) is 16.6 Å². The fraction of sp³-hybridized carbons (Fsp3) is 0.346. The summed E-state index contributed by atoms with van der Waals surface area (Å²) in [6.07, 6.45) is 3.51. The molecule has 1 aliphatic rings. The lowest BCUT2D eigenvalue weighted by Crippen LogP contribution is -2.48. The van der Waals surface area contributed by atoms with E-state index in [2.05, 4.69) is 35.0 Å². The van der Waals surface area contributed by atoms with Crippen LogP contribution in [0.25, 0.3) is 10.9 Å². The molecule has 4 heterocycles. The summed E-state index contributed by atoms with van der Waals surface area (Å²) in [4.78, 5) is 39.8. The smallest absolute Gasteiger partial charge is 0.281 e. The van der Waals surface area contributed by atoms with Crippen LogP contribution in [0.4, 0.5) is 17.5 Å². The van der Waals surface area contributed by atoms with Crippen molar-refractivity contribution in [2.75, 3.05) is 47.6 Å². The van der Waals surface area contributed by atoms with E-state index in [0.717, 1.165) is 30.0 Å². The van der Waals surface area contributed by atoms with E-state index in [0.29, 0.717) is 35.6 Å². The zero-order valence-corrected chi connectivity index (χ0v) is 23.7. The first-order valence-electron chi connectivity index (χ1n) is 12.5. The number of rotatable bonds is 7. The average molecular weight is 568 g/mol. The molecule has 5 rings (SSSR count). The second kappa shape index (κ2) is 11.1. The van der Waals surface area contributed by atoms with Gasteiger partial charge in [-0.05, 0) is 37.6 Å². The zero-order chi connectivity index (χ0) is 27.7. The average Bonchev–Trinajstić information content (AvgIpc) is 3.47. The van der Waals surface area contributed by atoms with Gasteiger partial charge >= 0.3 is 0 Å². The summed E-state index contributed by atoms with van der Waals surface area (Å²) in [5.41, 5.74) is 3.06. The number of halogens is 1. The van der Waals surface area contributed by atoms with E-state index in [1.54, 1.807) is 36.2 Å². The van der Waals surface area contributed by atoms with Crippen LogP contribution in [0.3, 0.4) is 0 Å². The number of nitrogens with one attached hydrogen (secondary N) is 3. The molecule has 0 spiro atoms. The highest BCUT2D eigenvalue weighted by molar-refractivity contribution is 7.97. The SMILES string of the molecule is CSNC(=O)c1nc(Cl)ccc1NC(C)c1cc(C)cc2c(=O)n(C)c(N3CCN(c4ccn[nH]4)CC3)nc12. The van der Waals surface area contributed by atoms with Gasteiger partial charge in [-0.2, -0.15) is 5.10 Å². The van der Waals surface area contributed by atoms with Gasteiger partial charge in [0.15, 0.2) is 5.69 Å². The second-order valence-electron chi connectivity index (χ2n) is 9.47. The number of H-pyrrole nitrogens is 1.